The van der Waals surface area contributed by atoms with Crippen LogP contribution in [0.4, 0.5) is 4.39 Å². The lowest BCUT2D eigenvalue weighted by atomic mass is 9.91. The fraction of sp³-hybridized carbons (Fsp3) is 0.417. The minimum Gasteiger partial charge on any atom is -0.480 e. The van der Waals surface area contributed by atoms with E-state index < -0.39 is 17.3 Å². The van der Waals surface area contributed by atoms with Gasteiger partial charge in [-0.25, -0.2) is 9.18 Å². The van der Waals surface area contributed by atoms with Crippen LogP contribution in [0.25, 0.3) is 10.4 Å². The molecular weight excluding hydrogens is 331 g/mol. The smallest absolute Gasteiger partial charge is 0.328 e. The maximum Gasteiger partial charge on any atom is 0.328 e. The molecule has 108 valence electrons. The molecule has 1 aromatic rings. The van der Waals surface area contributed by atoms with Crippen molar-refractivity contribution in [2.75, 3.05) is 13.1 Å². The van der Waals surface area contributed by atoms with E-state index in [4.69, 9.17) is 5.53 Å². The van der Waals surface area contributed by atoms with Crippen molar-refractivity contribution in [2.24, 2.45) is 5.11 Å². The summed E-state index contributed by atoms with van der Waals surface area (Å²) in [5.41, 5.74) is 6.64. The average Bonchev–Trinajstić information content (AvgIpc) is 2.40. The highest BCUT2D eigenvalue weighted by Gasteiger charge is 2.37. The van der Waals surface area contributed by atoms with E-state index in [1.165, 1.54) is 25.1 Å². The standard InChI is InChI=1S/C12H14BrFN4O2/c1-12(11(19)20,16-5-2-6-17-18-15)9-7-8(13)3-4-10(9)14/h3-4,7,16H,2,5-6H2,1H3,(H,19,20). The van der Waals surface area contributed by atoms with Crippen LogP contribution in [0.1, 0.15) is 18.9 Å². The molecule has 0 bridgehead atoms. The van der Waals surface area contributed by atoms with Crippen LogP contribution in [-0.4, -0.2) is 24.2 Å². The highest BCUT2D eigenvalue weighted by atomic mass is 79.9. The number of hydrogen-bond acceptors (Lipinski definition) is 3. The van der Waals surface area contributed by atoms with Gasteiger partial charge >= 0.3 is 5.97 Å². The number of carbonyl (C=O) groups is 1. The van der Waals surface area contributed by atoms with Gasteiger partial charge in [0.1, 0.15) is 11.4 Å². The summed E-state index contributed by atoms with van der Waals surface area (Å²) in [5.74, 6) is -1.78. The molecule has 0 heterocycles. The Balaban J connectivity index is 2.93. The van der Waals surface area contributed by atoms with E-state index in [1.807, 2.05) is 0 Å². The monoisotopic (exact) mass is 344 g/mol. The molecule has 1 atom stereocenters. The lowest BCUT2D eigenvalue weighted by Crippen LogP contribution is -2.47. The van der Waals surface area contributed by atoms with Gasteiger partial charge in [-0.05, 0) is 43.6 Å². The molecule has 0 spiro atoms. The highest BCUT2D eigenvalue weighted by Crippen LogP contribution is 2.27. The lowest BCUT2D eigenvalue weighted by molar-refractivity contribution is -0.144. The third kappa shape index (κ3) is 3.93. The van der Waals surface area contributed by atoms with E-state index in [-0.39, 0.29) is 18.7 Å². The van der Waals surface area contributed by atoms with Crippen molar-refractivity contribution in [3.63, 3.8) is 0 Å². The van der Waals surface area contributed by atoms with Gasteiger partial charge in [0, 0.05) is 21.5 Å². The summed E-state index contributed by atoms with van der Waals surface area (Å²) in [6.07, 6.45) is 0.461. The largest absolute Gasteiger partial charge is 0.480 e. The highest BCUT2D eigenvalue weighted by molar-refractivity contribution is 9.10. The maximum absolute atomic E-state index is 13.9. The third-order valence-corrected chi connectivity index (χ3v) is 3.36. The number of benzene rings is 1. The van der Waals surface area contributed by atoms with Crippen molar-refractivity contribution in [3.8, 4) is 0 Å². The molecule has 0 fully saturated rings. The quantitative estimate of drug-likeness (QED) is 0.344. The SMILES string of the molecule is CC(NCCCN=[N+]=[N-])(C(=O)O)c1cc(Br)ccc1F. The molecular formula is C12H14BrFN4O2. The van der Waals surface area contributed by atoms with Crippen molar-refractivity contribution in [3.05, 3.63) is 44.5 Å². The van der Waals surface area contributed by atoms with Crippen molar-refractivity contribution >= 4 is 21.9 Å². The van der Waals surface area contributed by atoms with Gasteiger partial charge in [0.2, 0.25) is 0 Å². The Morgan fingerprint density at radius 2 is 2.35 bits per heavy atom. The summed E-state index contributed by atoms with van der Waals surface area (Å²) in [6, 6.07) is 4.15. The summed E-state index contributed by atoms with van der Waals surface area (Å²) in [4.78, 5) is 14.1. The molecule has 1 rings (SSSR count). The normalized spacial score (nSPS) is 13.3. The Morgan fingerprint density at radius 3 is 2.95 bits per heavy atom. The number of carboxylic acids is 1. The third-order valence-electron chi connectivity index (χ3n) is 2.87. The molecule has 8 heteroatoms. The van der Waals surface area contributed by atoms with E-state index in [0.29, 0.717) is 10.9 Å². The fourth-order valence-corrected chi connectivity index (χ4v) is 2.06. The number of hydrogen-bond donors (Lipinski definition) is 2. The van der Waals surface area contributed by atoms with E-state index in [9.17, 15) is 14.3 Å². The second-order valence-electron chi connectivity index (χ2n) is 4.29. The van der Waals surface area contributed by atoms with Gasteiger partial charge in [-0.3, -0.25) is 5.32 Å². The van der Waals surface area contributed by atoms with Gasteiger partial charge < -0.3 is 5.11 Å². The van der Waals surface area contributed by atoms with Gasteiger partial charge in [0.05, 0.1) is 0 Å². The molecule has 0 aliphatic rings. The first kappa shape index (κ1) is 16.4. The fourth-order valence-electron chi connectivity index (χ4n) is 1.70. The minimum absolute atomic E-state index is 0.0446. The Kier molecular flexibility index (Phi) is 5.94. The molecule has 0 saturated carbocycles. The Hall–Kier alpha value is -1.63. The van der Waals surface area contributed by atoms with Gasteiger partial charge in [-0.15, -0.1) is 0 Å². The molecule has 0 aromatic heterocycles. The molecule has 0 radical (unpaired) electrons. The lowest BCUT2D eigenvalue weighted by Gasteiger charge is -2.27. The molecule has 0 saturated heterocycles. The minimum atomic E-state index is -1.55. The number of nitrogens with one attached hydrogen (secondary N) is 1. The molecule has 20 heavy (non-hydrogen) atoms. The molecule has 1 aromatic carbocycles. The van der Waals surface area contributed by atoms with Crippen LogP contribution < -0.4 is 5.32 Å². The van der Waals surface area contributed by atoms with Crippen LogP contribution in [0.3, 0.4) is 0 Å². The zero-order chi connectivity index (χ0) is 15.2. The summed E-state index contributed by atoms with van der Waals surface area (Å²) >= 11 is 3.20. The second kappa shape index (κ2) is 7.23. The van der Waals surface area contributed by atoms with Crippen LogP contribution in [0.2, 0.25) is 0 Å². The number of aliphatic carboxylic acids is 1. The maximum atomic E-state index is 13.9. The van der Waals surface area contributed by atoms with E-state index >= 15 is 0 Å². The Morgan fingerprint density at radius 1 is 1.65 bits per heavy atom. The van der Waals surface area contributed by atoms with Crippen LogP contribution in [-0.2, 0) is 10.3 Å². The number of halogens is 2. The summed E-state index contributed by atoms with van der Waals surface area (Å²) < 4.78 is 14.5. The topological polar surface area (TPSA) is 98.1 Å². The first-order chi connectivity index (χ1) is 9.41. The Labute approximate surface area is 123 Å². The number of nitrogens with zero attached hydrogens (tertiary/aromatic N) is 3. The molecule has 0 aliphatic heterocycles. The van der Waals surface area contributed by atoms with Crippen LogP contribution in [0, 0.1) is 5.82 Å². The van der Waals surface area contributed by atoms with Gasteiger partial charge in [-0.2, -0.15) is 0 Å². The first-order valence-corrected chi connectivity index (χ1v) is 6.66. The van der Waals surface area contributed by atoms with Gasteiger partial charge in [0.25, 0.3) is 0 Å². The van der Waals surface area contributed by atoms with Crippen molar-refractivity contribution in [1.29, 1.82) is 0 Å². The van der Waals surface area contributed by atoms with Crippen molar-refractivity contribution in [1.82, 2.24) is 5.32 Å². The zero-order valence-electron chi connectivity index (χ0n) is 10.8. The van der Waals surface area contributed by atoms with Crippen LogP contribution in [0.15, 0.2) is 27.8 Å². The number of azide groups is 1. The van der Waals surface area contributed by atoms with E-state index in [0.717, 1.165) is 0 Å². The molecule has 6 nitrogen and oxygen atoms in total. The van der Waals surface area contributed by atoms with Crippen molar-refractivity contribution in [2.45, 2.75) is 18.9 Å². The first-order valence-electron chi connectivity index (χ1n) is 5.86. The number of carboxylic acid groups (broad SMARTS) is 1. The zero-order valence-corrected chi connectivity index (χ0v) is 12.4. The van der Waals surface area contributed by atoms with Gasteiger partial charge in [-0.1, -0.05) is 21.0 Å². The summed E-state index contributed by atoms with van der Waals surface area (Å²) in [5, 5.41) is 15.5. The molecule has 2 N–H and O–H groups in total. The number of rotatable bonds is 7. The molecule has 1 unspecified atom stereocenters. The second-order valence-corrected chi connectivity index (χ2v) is 5.20. The van der Waals surface area contributed by atoms with Crippen LogP contribution >= 0.6 is 15.9 Å². The average molecular weight is 345 g/mol. The van der Waals surface area contributed by atoms with Crippen molar-refractivity contribution < 1.29 is 14.3 Å². The van der Waals surface area contributed by atoms with E-state index in [1.54, 1.807) is 0 Å². The predicted molar refractivity (Wildman–Crippen MR) is 75.7 cm³/mol. The summed E-state index contributed by atoms with van der Waals surface area (Å²) in [7, 11) is 0. The van der Waals surface area contributed by atoms with Crippen LogP contribution in [0.5, 0.6) is 0 Å². The molecule has 0 aliphatic carbocycles. The summed E-state index contributed by atoms with van der Waals surface area (Å²) in [6.45, 7) is 1.93. The molecule has 0 amide bonds. The predicted octanol–water partition coefficient (Wildman–Crippen LogP) is 3.18. The van der Waals surface area contributed by atoms with Gasteiger partial charge in [0.15, 0.2) is 0 Å². The Bertz CT molecular complexity index is 548. The van der Waals surface area contributed by atoms with E-state index in [2.05, 4.69) is 31.3 Å².